The Morgan fingerprint density at radius 3 is 2.42 bits per heavy atom. The molecule has 1 aliphatic heterocycles. The highest BCUT2D eigenvalue weighted by atomic mass is 32.1. The Kier molecular flexibility index (Phi) is 5.04. The Morgan fingerprint density at radius 1 is 1.25 bits per heavy atom. The van der Waals surface area contributed by atoms with Crippen molar-refractivity contribution >= 4 is 29.1 Å². The summed E-state index contributed by atoms with van der Waals surface area (Å²) in [6.07, 6.45) is 3.89. The van der Waals surface area contributed by atoms with Gasteiger partial charge < -0.3 is 4.90 Å². The number of carbonyl (C=O) groups is 3. The van der Waals surface area contributed by atoms with Crippen molar-refractivity contribution in [2.45, 2.75) is 45.6 Å². The van der Waals surface area contributed by atoms with Gasteiger partial charge in [0.05, 0.1) is 18.4 Å². The molecule has 2 fully saturated rings. The van der Waals surface area contributed by atoms with E-state index in [2.05, 4.69) is 0 Å². The summed E-state index contributed by atoms with van der Waals surface area (Å²) in [4.78, 5) is 41.4. The first-order chi connectivity index (χ1) is 11.5. The number of amides is 3. The second-order valence-electron chi connectivity index (χ2n) is 6.85. The zero-order valence-corrected chi connectivity index (χ0v) is 15.1. The van der Waals surface area contributed by atoms with E-state index in [-0.39, 0.29) is 42.5 Å². The Morgan fingerprint density at radius 2 is 1.88 bits per heavy atom. The molecule has 3 rings (SSSR count). The van der Waals surface area contributed by atoms with Crippen LogP contribution < -0.4 is 0 Å². The van der Waals surface area contributed by atoms with Gasteiger partial charge in [0.1, 0.15) is 0 Å². The number of aryl methyl sites for hydroxylation is 1. The number of carbonyl (C=O) groups excluding carboxylic acids is 3. The Bertz CT molecular complexity index is 630. The van der Waals surface area contributed by atoms with Gasteiger partial charge in [-0.25, -0.2) is 0 Å². The van der Waals surface area contributed by atoms with Gasteiger partial charge in [0.25, 0.3) is 0 Å². The Hall–Kier alpha value is -1.69. The molecule has 0 bridgehead atoms. The number of nitrogens with zero attached hydrogens (tertiary/aromatic N) is 2. The van der Waals surface area contributed by atoms with E-state index in [0.717, 1.165) is 25.7 Å². The third kappa shape index (κ3) is 3.24. The molecule has 1 saturated carbocycles. The molecule has 2 aliphatic rings. The number of hydrogen-bond donors (Lipinski definition) is 0. The number of hydrogen-bond acceptors (Lipinski definition) is 4. The fourth-order valence-electron chi connectivity index (χ4n) is 3.72. The minimum Gasteiger partial charge on any atom is -0.341 e. The average Bonchev–Trinajstić information content (AvgIpc) is 3.08. The fourth-order valence-corrected chi connectivity index (χ4v) is 4.68. The maximum atomic E-state index is 12.4. The van der Waals surface area contributed by atoms with Crippen LogP contribution >= 0.6 is 11.3 Å². The van der Waals surface area contributed by atoms with Crippen molar-refractivity contribution in [3.05, 3.63) is 21.9 Å². The molecule has 1 aliphatic carbocycles. The van der Waals surface area contributed by atoms with E-state index < -0.39 is 0 Å². The van der Waals surface area contributed by atoms with Crippen molar-refractivity contribution in [3.63, 3.8) is 0 Å². The monoisotopic (exact) mass is 348 g/mol. The van der Waals surface area contributed by atoms with Gasteiger partial charge in [-0.05, 0) is 36.8 Å². The summed E-state index contributed by atoms with van der Waals surface area (Å²) < 4.78 is 0. The minimum atomic E-state index is -0.132. The molecule has 6 heteroatoms. The topological polar surface area (TPSA) is 57.7 Å². The molecule has 3 amide bonds. The quantitative estimate of drug-likeness (QED) is 0.769. The minimum absolute atomic E-state index is 0.0294. The number of likely N-dealkylation sites (tertiary alicyclic amines) is 1. The average molecular weight is 348 g/mol. The lowest BCUT2D eigenvalue weighted by molar-refractivity contribution is -0.140. The molecule has 1 saturated heterocycles. The van der Waals surface area contributed by atoms with Gasteiger partial charge in [0, 0.05) is 24.9 Å². The maximum Gasteiger partial charge on any atom is 0.233 e. The van der Waals surface area contributed by atoms with Gasteiger partial charge in [-0.3, -0.25) is 19.3 Å². The van der Waals surface area contributed by atoms with Crippen LogP contribution in [-0.2, 0) is 20.9 Å². The summed E-state index contributed by atoms with van der Waals surface area (Å²) in [5.41, 5.74) is 1.19. The van der Waals surface area contributed by atoms with Crippen LogP contribution in [-0.4, -0.2) is 41.1 Å². The summed E-state index contributed by atoms with van der Waals surface area (Å²) in [7, 11) is 1.77. The second-order valence-corrected chi connectivity index (χ2v) is 7.85. The number of imide groups is 1. The molecule has 2 heterocycles. The van der Waals surface area contributed by atoms with Crippen LogP contribution in [0, 0.1) is 18.8 Å². The van der Waals surface area contributed by atoms with Crippen LogP contribution in [0.15, 0.2) is 11.4 Å². The van der Waals surface area contributed by atoms with Crippen molar-refractivity contribution in [3.8, 4) is 0 Å². The summed E-state index contributed by atoms with van der Waals surface area (Å²) >= 11 is 1.64. The zero-order valence-electron chi connectivity index (χ0n) is 14.3. The third-order valence-corrected chi connectivity index (χ3v) is 6.26. The van der Waals surface area contributed by atoms with E-state index in [9.17, 15) is 14.4 Å². The summed E-state index contributed by atoms with van der Waals surface area (Å²) in [5, 5.41) is 2.02. The van der Waals surface area contributed by atoms with Gasteiger partial charge in [0.15, 0.2) is 0 Å². The van der Waals surface area contributed by atoms with Crippen LogP contribution in [0.4, 0.5) is 0 Å². The largest absolute Gasteiger partial charge is 0.341 e. The smallest absolute Gasteiger partial charge is 0.233 e. The van der Waals surface area contributed by atoms with Gasteiger partial charge >= 0.3 is 0 Å². The van der Waals surface area contributed by atoms with Crippen LogP contribution in [0.25, 0.3) is 0 Å². The van der Waals surface area contributed by atoms with Crippen molar-refractivity contribution in [1.82, 2.24) is 9.80 Å². The molecular formula is C18H24N2O3S. The number of thiophene rings is 1. The molecule has 1 aromatic heterocycles. The zero-order chi connectivity index (χ0) is 17.3. The van der Waals surface area contributed by atoms with E-state index in [1.54, 1.807) is 23.3 Å². The summed E-state index contributed by atoms with van der Waals surface area (Å²) in [6, 6.07) is 2.04. The normalized spacial score (nSPS) is 23.5. The lowest BCUT2D eigenvalue weighted by Crippen LogP contribution is -2.36. The molecule has 0 spiro atoms. The van der Waals surface area contributed by atoms with Gasteiger partial charge in [-0.1, -0.05) is 12.8 Å². The number of rotatable bonds is 5. The second kappa shape index (κ2) is 7.05. The van der Waals surface area contributed by atoms with E-state index >= 15 is 0 Å². The predicted octanol–water partition coefficient (Wildman–Crippen LogP) is 2.58. The van der Waals surface area contributed by atoms with E-state index in [1.807, 2.05) is 18.4 Å². The maximum absolute atomic E-state index is 12.4. The first kappa shape index (κ1) is 17.1. The van der Waals surface area contributed by atoms with Crippen LogP contribution in [0.1, 0.15) is 42.5 Å². The molecule has 24 heavy (non-hydrogen) atoms. The molecule has 2 atom stereocenters. The molecular weight excluding hydrogens is 324 g/mol. The predicted molar refractivity (Wildman–Crippen MR) is 92.3 cm³/mol. The fraction of sp³-hybridized carbons (Fsp3) is 0.611. The Labute approximate surface area is 146 Å². The van der Waals surface area contributed by atoms with Crippen molar-refractivity contribution in [2.24, 2.45) is 11.8 Å². The summed E-state index contributed by atoms with van der Waals surface area (Å²) in [5.74, 6) is -0.414. The molecule has 5 nitrogen and oxygen atoms in total. The summed E-state index contributed by atoms with van der Waals surface area (Å²) in [6.45, 7) is 2.83. The van der Waals surface area contributed by atoms with E-state index in [4.69, 9.17) is 0 Å². The van der Waals surface area contributed by atoms with Gasteiger partial charge in [-0.2, -0.15) is 0 Å². The van der Waals surface area contributed by atoms with Gasteiger partial charge in [-0.15, -0.1) is 11.3 Å². The Balaban J connectivity index is 1.55. The number of fused-ring (bicyclic) bond motifs is 1. The lowest BCUT2D eigenvalue weighted by atomic mass is 9.81. The SMILES string of the molecule is Cc1ccsc1CN(C)C(=O)CCN1C(=O)[C@H]2CCCC[C@H]2C1=O. The molecule has 0 aromatic carbocycles. The molecule has 1 aromatic rings. The molecule has 130 valence electrons. The van der Waals surface area contributed by atoms with Crippen molar-refractivity contribution in [2.75, 3.05) is 13.6 Å². The van der Waals surface area contributed by atoms with E-state index in [0.29, 0.717) is 6.54 Å². The highest BCUT2D eigenvalue weighted by Gasteiger charge is 2.47. The van der Waals surface area contributed by atoms with Crippen LogP contribution in [0.3, 0.4) is 0 Å². The van der Waals surface area contributed by atoms with Gasteiger partial charge in [0.2, 0.25) is 17.7 Å². The molecule has 0 N–H and O–H groups in total. The van der Waals surface area contributed by atoms with Crippen LogP contribution in [0.5, 0.6) is 0 Å². The first-order valence-electron chi connectivity index (χ1n) is 8.61. The first-order valence-corrected chi connectivity index (χ1v) is 9.49. The lowest BCUT2D eigenvalue weighted by Gasteiger charge is -2.19. The standard InChI is InChI=1S/C18H24N2O3S/c1-12-8-10-24-15(12)11-19(2)16(21)7-9-20-17(22)13-5-3-4-6-14(13)18(20)23/h8,10,13-14H,3-7,9,11H2,1-2H3/t13-,14+. The van der Waals surface area contributed by atoms with E-state index in [1.165, 1.54) is 15.3 Å². The molecule has 0 unspecified atom stereocenters. The third-order valence-electron chi connectivity index (χ3n) is 5.26. The van der Waals surface area contributed by atoms with Crippen molar-refractivity contribution in [1.29, 1.82) is 0 Å². The molecule has 0 radical (unpaired) electrons. The highest BCUT2D eigenvalue weighted by molar-refractivity contribution is 7.10. The van der Waals surface area contributed by atoms with Crippen molar-refractivity contribution < 1.29 is 14.4 Å². The highest BCUT2D eigenvalue weighted by Crippen LogP contribution is 2.38. The van der Waals surface area contributed by atoms with Crippen LogP contribution in [0.2, 0.25) is 0 Å².